The number of carbonyl (C=O) groups excluding carboxylic acids is 2. The van der Waals surface area contributed by atoms with Crippen molar-refractivity contribution in [1.82, 2.24) is 20.6 Å². The van der Waals surface area contributed by atoms with Gasteiger partial charge in [-0.15, -0.1) is 0 Å². The molecule has 1 atom stereocenters. The van der Waals surface area contributed by atoms with Gasteiger partial charge in [0.2, 0.25) is 11.8 Å². The largest absolute Gasteiger partial charge is 0.347 e. The third-order valence-corrected chi connectivity index (χ3v) is 4.34. The Hall–Kier alpha value is -2.02. The van der Waals surface area contributed by atoms with Crippen molar-refractivity contribution in [3.63, 3.8) is 0 Å². The van der Waals surface area contributed by atoms with Gasteiger partial charge in [0.15, 0.2) is 0 Å². The first-order valence-electron chi connectivity index (χ1n) is 6.81. The van der Waals surface area contributed by atoms with Crippen LogP contribution in [0.25, 0.3) is 11.0 Å². The molecule has 2 amide bonds. The van der Waals surface area contributed by atoms with Crippen molar-refractivity contribution in [2.45, 2.75) is 19.0 Å². The van der Waals surface area contributed by atoms with E-state index in [-0.39, 0.29) is 11.8 Å². The van der Waals surface area contributed by atoms with Gasteiger partial charge in [-0.2, -0.15) is 11.8 Å². The number of thioether (sulfide) groups is 1. The number of benzene rings is 1. The molecule has 0 unspecified atom stereocenters. The highest BCUT2D eigenvalue weighted by atomic mass is 32.2. The van der Waals surface area contributed by atoms with Crippen LogP contribution < -0.4 is 10.6 Å². The third-order valence-electron chi connectivity index (χ3n) is 3.28. The van der Waals surface area contributed by atoms with Gasteiger partial charge in [0.1, 0.15) is 11.9 Å². The summed E-state index contributed by atoms with van der Waals surface area (Å²) < 4.78 is 0. The summed E-state index contributed by atoms with van der Waals surface area (Å²) in [6, 6.07) is 7.24. The molecule has 0 saturated carbocycles. The number of carbonyl (C=O) groups is 2. The van der Waals surface area contributed by atoms with Crippen molar-refractivity contribution < 1.29 is 9.59 Å². The van der Waals surface area contributed by atoms with Crippen LogP contribution in [0.5, 0.6) is 0 Å². The van der Waals surface area contributed by atoms with Gasteiger partial charge in [-0.25, -0.2) is 4.98 Å². The zero-order valence-electron chi connectivity index (χ0n) is 11.4. The number of H-pyrrole nitrogens is 1. The van der Waals surface area contributed by atoms with E-state index in [0.29, 0.717) is 24.5 Å². The molecule has 1 aromatic heterocycles. The molecule has 7 heteroatoms. The smallest absolute Gasteiger partial charge is 0.243 e. The highest BCUT2D eigenvalue weighted by Crippen LogP contribution is 2.11. The highest BCUT2D eigenvalue weighted by Gasteiger charge is 2.23. The number of fused-ring (bicyclic) bond motifs is 1. The summed E-state index contributed by atoms with van der Waals surface area (Å²) in [5, 5.41) is 5.56. The minimum Gasteiger partial charge on any atom is -0.347 e. The van der Waals surface area contributed by atoms with E-state index < -0.39 is 6.04 Å². The first-order chi connectivity index (χ1) is 10.2. The maximum Gasteiger partial charge on any atom is 0.243 e. The first-order valence-corrected chi connectivity index (χ1v) is 7.96. The van der Waals surface area contributed by atoms with E-state index in [4.69, 9.17) is 0 Å². The topological polar surface area (TPSA) is 86.9 Å². The van der Waals surface area contributed by atoms with Crippen LogP contribution in [-0.4, -0.2) is 39.3 Å². The number of amides is 2. The number of para-hydroxylation sites is 2. The Morgan fingerprint density at radius 2 is 2.29 bits per heavy atom. The van der Waals surface area contributed by atoms with Crippen molar-refractivity contribution >= 4 is 34.6 Å². The van der Waals surface area contributed by atoms with Crippen LogP contribution in [-0.2, 0) is 16.1 Å². The van der Waals surface area contributed by atoms with E-state index in [1.54, 1.807) is 11.8 Å². The average molecular weight is 304 g/mol. The molecule has 1 saturated heterocycles. The molecule has 1 aromatic carbocycles. The Morgan fingerprint density at radius 1 is 1.43 bits per heavy atom. The Morgan fingerprint density at radius 3 is 3.14 bits per heavy atom. The molecular formula is C14H16N4O2S. The molecule has 0 aliphatic carbocycles. The molecule has 110 valence electrons. The van der Waals surface area contributed by atoms with Gasteiger partial charge in [-0.3, -0.25) is 9.59 Å². The number of aromatic amines is 1. The van der Waals surface area contributed by atoms with E-state index in [9.17, 15) is 9.59 Å². The fourth-order valence-electron chi connectivity index (χ4n) is 2.20. The van der Waals surface area contributed by atoms with Gasteiger partial charge in [-0.05, 0) is 12.1 Å². The van der Waals surface area contributed by atoms with Gasteiger partial charge < -0.3 is 15.6 Å². The molecule has 21 heavy (non-hydrogen) atoms. The molecule has 2 aromatic rings. The summed E-state index contributed by atoms with van der Waals surface area (Å²) in [6.07, 6.45) is 0.470. The number of hydrogen-bond donors (Lipinski definition) is 3. The number of rotatable bonds is 3. The predicted molar refractivity (Wildman–Crippen MR) is 81.8 cm³/mol. The monoisotopic (exact) mass is 304 g/mol. The number of hydrogen-bond acceptors (Lipinski definition) is 4. The third kappa shape index (κ3) is 3.36. The maximum absolute atomic E-state index is 12.1. The lowest BCUT2D eigenvalue weighted by Gasteiger charge is -2.14. The molecule has 3 N–H and O–H groups in total. The fourth-order valence-corrected chi connectivity index (χ4v) is 3.17. The van der Waals surface area contributed by atoms with Gasteiger partial charge in [0, 0.05) is 17.9 Å². The standard InChI is InChI=1S/C14H16N4O2S/c19-13-5-6-21-8-11(18-13)14(20)15-7-12-16-9-3-1-2-4-10(9)17-12/h1-4,11H,5-8H2,(H,15,20)(H,16,17)(H,18,19)/t11-/m1/s1. The zero-order valence-corrected chi connectivity index (χ0v) is 12.2. The van der Waals surface area contributed by atoms with Gasteiger partial charge in [0.05, 0.1) is 17.6 Å². The second-order valence-electron chi connectivity index (χ2n) is 4.86. The van der Waals surface area contributed by atoms with Crippen molar-refractivity contribution in [3.05, 3.63) is 30.1 Å². The lowest BCUT2D eigenvalue weighted by molar-refractivity contribution is -0.128. The molecule has 1 aliphatic heterocycles. The zero-order chi connectivity index (χ0) is 14.7. The minimum absolute atomic E-state index is 0.0658. The SMILES string of the molecule is O=C1CCSC[C@H](C(=O)NCc2nc3ccccc3[nH]2)N1. The molecule has 6 nitrogen and oxygen atoms in total. The van der Waals surface area contributed by atoms with Crippen molar-refractivity contribution in [2.75, 3.05) is 11.5 Å². The highest BCUT2D eigenvalue weighted by molar-refractivity contribution is 7.99. The molecule has 0 bridgehead atoms. The van der Waals surface area contributed by atoms with Crippen LogP contribution in [0.4, 0.5) is 0 Å². The average Bonchev–Trinajstić information content (AvgIpc) is 2.78. The summed E-state index contributed by atoms with van der Waals surface area (Å²) in [7, 11) is 0. The maximum atomic E-state index is 12.1. The second-order valence-corrected chi connectivity index (χ2v) is 6.01. The molecule has 3 rings (SSSR count). The Bertz CT molecular complexity index is 637. The summed E-state index contributed by atoms with van der Waals surface area (Å²) in [5.74, 6) is 1.84. The van der Waals surface area contributed by atoms with Gasteiger partial charge >= 0.3 is 0 Å². The van der Waals surface area contributed by atoms with Crippen LogP contribution >= 0.6 is 11.8 Å². The van der Waals surface area contributed by atoms with E-state index in [0.717, 1.165) is 16.8 Å². The molecule has 2 heterocycles. The van der Waals surface area contributed by atoms with E-state index >= 15 is 0 Å². The number of nitrogens with zero attached hydrogens (tertiary/aromatic N) is 1. The summed E-state index contributed by atoms with van der Waals surface area (Å²) in [4.78, 5) is 31.1. The lowest BCUT2D eigenvalue weighted by atomic mass is 10.3. The molecule has 1 fully saturated rings. The summed E-state index contributed by atoms with van der Waals surface area (Å²) in [5.41, 5.74) is 1.82. The number of nitrogens with one attached hydrogen (secondary N) is 3. The predicted octanol–water partition coefficient (Wildman–Crippen LogP) is 0.801. The number of imidazole rings is 1. The molecule has 1 aliphatic rings. The van der Waals surface area contributed by atoms with Crippen LogP contribution in [0.1, 0.15) is 12.2 Å². The van der Waals surface area contributed by atoms with Gasteiger partial charge in [0.25, 0.3) is 0 Å². The van der Waals surface area contributed by atoms with E-state index in [2.05, 4.69) is 20.6 Å². The number of aromatic nitrogens is 2. The Balaban J connectivity index is 1.61. The summed E-state index contributed by atoms with van der Waals surface area (Å²) >= 11 is 1.61. The quantitative estimate of drug-likeness (QED) is 0.783. The van der Waals surface area contributed by atoms with Gasteiger partial charge in [-0.1, -0.05) is 12.1 Å². The Labute approximate surface area is 126 Å². The fraction of sp³-hybridized carbons (Fsp3) is 0.357. The molecule has 0 radical (unpaired) electrons. The van der Waals surface area contributed by atoms with Crippen molar-refractivity contribution in [3.8, 4) is 0 Å². The second kappa shape index (κ2) is 6.17. The van der Waals surface area contributed by atoms with Crippen LogP contribution in [0.2, 0.25) is 0 Å². The van der Waals surface area contributed by atoms with Crippen LogP contribution in [0.15, 0.2) is 24.3 Å². The minimum atomic E-state index is -0.464. The summed E-state index contributed by atoms with van der Waals surface area (Å²) in [6.45, 7) is 0.324. The molecule has 0 spiro atoms. The van der Waals surface area contributed by atoms with Crippen LogP contribution in [0.3, 0.4) is 0 Å². The van der Waals surface area contributed by atoms with Crippen molar-refractivity contribution in [1.29, 1.82) is 0 Å². The lowest BCUT2D eigenvalue weighted by Crippen LogP contribution is -2.47. The van der Waals surface area contributed by atoms with E-state index in [1.807, 2.05) is 24.3 Å². The first kappa shape index (κ1) is 13.9. The normalized spacial score (nSPS) is 19.0. The molecular weight excluding hydrogens is 288 g/mol. The Kier molecular flexibility index (Phi) is 4.10. The van der Waals surface area contributed by atoms with Crippen LogP contribution in [0, 0.1) is 0 Å². The van der Waals surface area contributed by atoms with E-state index in [1.165, 1.54) is 0 Å². The van der Waals surface area contributed by atoms with Crippen molar-refractivity contribution in [2.24, 2.45) is 0 Å².